The lowest BCUT2D eigenvalue weighted by molar-refractivity contribution is -0.137. The third-order valence-corrected chi connectivity index (χ3v) is 2.52. The molecule has 0 radical (unpaired) electrons. The zero-order valence-corrected chi connectivity index (χ0v) is 10.7. The molecule has 17 heavy (non-hydrogen) atoms. The summed E-state index contributed by atoms with van der Waals surface area (Å²) in [4.78, 5) is 0. The molecule has 0 aromatic heterocycles. The van der Waals surface area contributed by atoms with Gasteiger partial charge < -0.3 is 5.32 Å². The summed E-state index contributed by atoms with van der Waals surface area (Å²) in [5, 5.41) is 3.16. The van der Waals surface area contributed by atoms with E-state index in [-0.39, 0.29) is 12.4 Å². The molecule has 98 valence electrons. The fraction of sp³-hybridized carbons (Fsp3) is 0.500. The van der Waals surface area contributed by atoms with Crippen LogP contribution in [0, 0.1) is 0 Å². The molecule has 1 N–H and O–H groups in total. The van der Waals surface area contributed by atoms with Crippen molar-refractivity contribution in [1.82, 2.24) is 5.32 Å². The van der Waals surface area contributed by atoms with Gasteiger partial charge in [0.1, 0.15) is 0 Å². The van der Waals surface area contributed by atoms with Gasteiger partial charge in [-0.2, -0.15) is 13.2 Å². The van der Waals surface area contributed by atoms with Crippen molar-refractivity contribution >= 4 is 12.4 Å². The van der Waals surface area contributed by atoms with Crippen LogP contribution in [0.25, 0.3) is 0 Å². The van der Waals surface area contributed by atoms with Crippen molar-refractivity contribution in [2.75, 3.05) is 0 Å². The second-order valence-corrected chi connectivity index (χ2v) is 3.89. The molecule has 0 aliphatic carbocycles. The molecule has 0 spiro atoms. The van der Waals surface area contributed by atoms with Gasteiger partial charge in [-0.15, -0.1) is 12.4 Å². The Hall–Kier alpha value is -0.740. The van der Waals surface area contributed by atoms with Crippen LogP contribution in [0.1, 0.15) is 31.4 Å². The van der Waals surface area contributed by atoms with Crippen LogP contribution in [-0.4, -0.2) is 6.04 Å². The summed E-state index contributed by atoms with van der Waals surface area (Å²) in [6, 6.07) is 5.73. The van der Waals surface area contributed by atoms with Crippen molar-refractivity contribution in [1.29, 1.82) is 0 Å². The minimum atomic E-state index is -4.26. The third-order valence-electron chi connectivity index (χ3n) is 2.52. The Labute approximate surface area is 106 Å². The summed E-state index contributed by atoms with van der Waals surface area (Å²) in [5.41, 5.74) is 0.0751. The van der Waals surface area contributed by atoms with E-state index in [1.807, 2.05) is 13.8 Å². The highest BCUT2D eigenvalue weighted by Crippen LogP contribution is 2.29. The van der Waals surface area contributed by atoms with Crippen LogP contribution in [-0.2, 0) is 12.7 Å². The normalized spacial score (nSPS) is 13.0. The molecule has 1 rings (SSSR count). The van der Waals surface area contributed by atoms with E-state index in [0.29, 0.717) is 18.2 Å². The number of benzene rings is 1. The number of rotatable bonds is 4. The first-order valence-electron chi connectivity index (χ1n) is 5.33. The summed E-state index contributed by atoms with van der Waals surface area (Å²) >= 11 is 0. The second kappa shape index (κ2) is 6.87. The lowest BCUT2D eigenvalue weighted by Gasteiger charge is -2.12. The van der Waals surface area contributed by atoms with Crippen molar-refractivity contribution in [3.8, 4) is 0 Å². The quantitative estimate of drug-likeness (QED) is 0.869. The Kier molecular flexibility index (Phi) is 6.57. The van der Waals surface area contributed by atoms with E-state index in [9.17, 15) is 13.2 Å². The first kappa shape index (κ1) is 16.3. The highest BCUT2D eigenvalue weighted by atomic mass is 35.5. The highest BCUT2D eigenvalue weighted by Gasteiger charge is 2.30. The Morgan fingerprint density at radius 1 is 1.29 bits per heavy atom. The maximum absolute atomic E-state index is 12.4. The molecule has 0 aliphatic heterocycles. The van der Waals surface area contributed by atoms with Crippen LogP contribution in [0.2, 0.25) is 0 Å². The molecule has 0 saturated heterocycles. The topological polar surface area (TPSA) is 12.0 Å². The van der Waals surface area contributed by atoms with Crippen molar-refractivity contribution < 1.29 is 13.2 Å². The largest absolute Gasteiger partial charge is 0.416 e. The number of hydrogen-bond acceptors (Lipinski definition) is 1. The van der Waals surface area contributed by atoms with E-state index in [0.717, 1.165) is 12.5 Å². The SMILES string of the molecule is CCC(C)NCc1cccc(C(F)(F)F)c1.Cl. The van der Waals surface area contributed by atoms with E-state index in [1.54, 1.807) is 6.07 Å². The molecular formula is C12H17ClF3N. The average Bonchev–Trinajstić information content (AvgIpc) is 2.25. The van der Waals surface area contributed by atoms with Crippen LogP contribution in [0.5, 0.6) is 0 Å². The first-order chi connectivity index (χ1) is 7.43. The summed E-state index contributed by atoms with van der Waals surface area (Å²) in [7, 11) is 0. The molecule has 1 atom stereocenters. The molecule has 1 unspecified atom stereocenters. The van der Waals surface area contributed by atoms with E-state index < -0.39 is 11.7 Å². The molecule has 0 heterocycles. The van der Waals surface area contributed by atoms with E-state index in [2.05, 4.69) is 5.32 Å². The van der Waals surface area contributed by atoms with Gasteiger partial charge in [0.05, 0.1) is 5.56 Å². The van der Waals surface area contributed by atoms with E-state index >= 15 is 0 Å². The van der Waals surface area contributed by atoms with E-state index in [4.69, 9.17) is 0 Å². The van der Waals surface area contributed by atoms with Gasteiger partial charge in [-0.25, -0.2) is 0 Å². The second-order valence-electron chi connectivity index (χ2n) is 3.89. The predicted octanol–water partition coefficient (Wildman–Crippen LogP) is 4.02. The van der Waals surface area contributed by atoms with Crippen LogP contribution >= 0.6 is 12.4 Å². The van der Waals surface area contributed by atoms with Gasteiger partial charge in [0.25, 0.3) is 0 Å². The van der Waals surface area contributed by atoms with Gasteiger partial charge >= 0.3 is 6.18 Å². The van der Waals surface area contributed by atoms with Crippen LogP contribution in [0.15, 0.2) is 24.3 Å². The summed E-state index contributed by atoms with van der Waals surface area (Å²) in [6.07, 6.45) is -3.30. The first-order valence-corrected chi connectivity index (χ1v) is 5.33. The lowest BCUT2D eigenvalue weighted by atomic mass is 10.1. The van der Waals surface area contributed by atoms with Gasteiger partial charge in [0.2, 0.25) is 0 Å². The number of halogens is 4. The minimum Gasteiger partial charge on any atom is -0.310 e. The van der Waals surface area contributed by atoms with Gasteiger partial charge in [-0.1, -0.05) is 25.1 Å². The van der Waals surface area contributed by atoms with Crippen molar-refractivity contribution in [2.24, 2.45) is 0 Å². The van der Waals surface area contributed by atoms with Crippen LogP contribution in [0.4, 0.5) is 13.2 Å². The Morgan fingerprint density at radius 2 is 1.94 bits per heavy atom. The zero-order valence-electron chi connectivity index (χ0n) is 9.84. The smallest absolute Gasteiger partial charge is 0.310 e. The molecule has 1 aromatic rings. The number of alkyl halides is 3. The lowest BCUT2D eigenvalue weighted by Crippen LogP contribution is -2.24. The van der Waals surface area contributed by atoms with Crippen molar-refractivity contribution in [3.05, 3.63) is 35.4 Å². The molecule has 0 bridgehead atoms. The van der Waals surface area contributed by atoms with Gasteiger partial charge in [-0.05, 0) is 25.0 Å². The standard InChI is InChI=1S/C12H16F3N.ClH/c1-3-9(2)16-8-10-5-4-6-11(7-10)12(13,14)15;/h4-7,9,16H,3,8H2,1-2H3;1H. The fourth-order valence-corrected chi connectivity index (χ4v) is 1.29. The Morgan fingerprint density at radius 3 is 2.47 bits per heavy atom. The average molecular weight is 268 g/mol. The van der Waals surface area contributed by atoms with Crippen molar-refractivity contribution in [2.45, 2.75) is 39.0 Å². The summed E-state index contributed by atoms with van der Waals surface area (Å²) < 4.78 is 37.2. The predicted molar refractivity (Wildman–Crippen MR) is 65.3 cm³/mol. The van der Waals surface area contributed by atoms with Gasteiger partial charge in [-0.3, -0.25) is 0 Å². The Bertz CT molecular complexity index is 339. The molecule has 0 fully saturated rings. The Balaban J connectivity index is 0.00000256. The molecule has 0 saturated carbocycles. The third kappa shape index (κ3) is 5.41. The summed E-state index contributed by atoms with van der Waals surface area (Å²) in [5.74, 6) is 0. The zero-order chi connectivity index (χ0) is 12.2. The molecule has 0 amide bonds. The fourth-order valence-electron chi connectivity index (χ4n) is 1.29. The summed E-state index contributed by atoms with van der Waals surface area (Å²) in [6.45, 7) is 4.51. The number of hydrogen-bond donors (Lipinski definition) is 1. The van der Waals surface area contributed by atoms with Crippen LogP contribution in [0.3, 0.4) is 0 Å². The van der Waals surface area contributed by atoms with Crippen LogP contribution < -0.4 is 5.32 Å². The number of nitrogens with one attached hydrogen (secondary N) is 1. The molecule has 5 heteroatoms. The van der Waals surface area contributed by atoms with E-state index in [1.165, 1.54) is 12.1 Å². The highest BCUT2D eigenvalue weighted by molar-refractivity contribution is 5.85. The molecule has 1 nitrogen and oxygen atoms in total. The maximum atomic E-state index is 12.4. The molecular weight excluding hydrogens is 251 g/mol. The monoisotopic (exact) mass is 267 g/mol. The van der Waals surface area contributed by atoms with Gasteiger partial charge in [0.15, 0.2) is 0 Å². The van der Waals surface area contributed by atoms with Crippen molar-refractivity contribution in [3.63, 3.8) is 0 Å². The van der Waals surface area contributed by atoms with Gasteiger partial charge in [0, 0.05) is 12.6 Å². The minimum absolute atomic E-state index is 0. The maximum Gasteiger partial charge on any atom is 0.416 e. The molecule has 1 aromatic carbocycles. The molecule has 0 aliphatic rings.